The number of benzene rings is 5. The Hall–Kier alpha value is -5.53. The van der Waals surface area contributed by atoms with Crippen LogP contribution in [0.15, 0.2) is 146 Å². The second-order valence-electron chi connectivity index (χ2n) is 11.5. The topological polar surface area (TPSA) is 91.3 Å². The zero-order valence-corrected chi connectivity index (χ0v) is 25.7. The molecule has 0 saturated carbocycles. The normalized spacial score (nSPS) is 12.1. The molecular weight excluding hydrogens is 572 g/mol. The van der Waals surface area contributed by atoms with Crippen LogP contribution in [0, 0.1) is 10.1 Å². The molecule has 0 spiro atoms. The van der Waals surface area contributed by atoms with Gasteiger partial charge in [-0.25, -0.2) is 0 Å². The first-order chi connectivity index (χ1) is 22.5. The summed E-state index contributed by atoms with van der Waals surface area (Å²) in [4.78, 5) is 29.9. The second-order valence-corrected chi connectivity index (χ2v) is 11.5. The van der Waals surface area contributed by atoms with E-state index in [0.29, 0.717) is 18.5 Å². The summed E-state index contributed by atoms with van der Waals surface area (Å²) in [6, 6.07) is 45.6. The lowest BCUT2D eigenvalue weighted by atomic mass is 9.76. The van der Waals surface area contributed by atoms with Crippen LogP contribution in [-0.4, -0.2) is 33.3 Å². The van der Waals surface area contributed by atoms with Gasteiger partial charge in [0.05, 0.1) is 17.0 Å². The molecule has 1 aromatic heterocycles. The van der Waals surface area contributed by atoms with Crippen molar-refractivity contribution in [3.05, 3.63) is 184 Å². The molecule has 6 rings (SSSR count). The molecule has 6 aromatic rings. The summed E-state index contributed by atoms with van der Waals surface area (Å²) in [6.07, 6.45) is 2.63. The number of H-pyrrole nitrogens is 1. The van der Waals surface area contributed by atoms with Crippen LogP contribution in [0.4, 0.5) is 5.69 Å². The molecule has 0 radical (unpaired) electrons. The van der Waals surface area contributed by atoms with E-state index in [9.17, 15) is 14.9 Å². The molecule has 7 nitrogen and oxygen atoms in total. The van der Waals surface area contributed by atoms with Crippen LogP contribution in [0.25, 0.3) is 10.9 Å². The van der Waals surface area contributed by atoms with E-state index >= 15 is 0 Å². The zero-order chi connectivity index (χ0) is 31.9. The van der Waals surface area contributed by atoms with Gasteiger partial charge in [0.15, 0.2) is 0 Å². The maximum atomic E-state index is 13.3. The highest BCUT2D eigenvalue weighted by molar-refractivity contribution is 5.83. The van der Waals surface area contributed by atoms with Crippen LogP contribution in [0.5, 0.6) is 0 Å². The molecular formula is C39H36N4O3. The van der Waals surface area contributed by atoms with Gasteiger partial charge in [-0.15, -0.1) is 0 Å². The standard InChI is InChI=1S/C39H36N4O3/c1-29(44)42(27-30-15-11-14-24-38(30)43(45)46)28-35(25-31-26-40-37-23-13-12-22-36(31)37)41-39(32-16-5-2-6-17-32,33-18-7-3-8-19-33)34-20-9-4-10-21-34/h2-24,26,35,40-41H,25,27-28H2,1H3. The van der Waals surface area contributed by atoms with Gasteiger partial charge in [0, 0.05) is 48.2 Å². The summed E-state index contributed by atoms with van der Waals surface area (Å²) in [5, 5.41) is 17.1. The Morgan fingerprint density at radius 2 is 1.28 bits per heavy atom. The van der Waals surface area contributed by atoms with Crippen molar-refractivity contribution < 1.29 is 9.72 Å². The average Bonchev–Trinajstić information content (AvgIpc) is 3.50. The third-order valence-corrected chi connectivity index (χ3v) is 8.62. The largest absolute Gasteiger partial charge is 0.361 e. The van der Waals surface area contributed by atoms with Gasteiger partial charge < -0.3 is 9.88 Å². The van der Waals surface area contributed by atoms with Crippen molar-refractivity contribution in [3.8, 4) is 0 Å². The van der Waals surface area contributed by atoms with E-state index in [-0.39, 0.29) is 29.1 Å². The van der Waals surface area contributed by atoms with Crippen LogP contribution in [0.3, 0.4) is 0 Å². The quantitative estimate of drug-likeness (QED) is 0.0850. The predicted octanol–water partition coefficient (Wildman–Crippen LogP) is 7.62. The maximum Gasteiger partial charge on any atom is 0.274 e. The van der Waals surface area contributed by atoms with Crippen LogP contribution in [-0.2, 0) is 23.3 Å². The Kier molecular flexibility index (Phi) is 9.03. The van der Waals surface area contributed by atoms with Gasteiger partial charge in [0.25, 0.3) is 5.69 Å². The number of hydrogen-bond acceptors (Lipinski definition) is 4. The SMILES string of the molecule is CC(=O)N(Cc1ccccc1[N+](=O)[O-])CC(Cc1c[nH]c2ccccc12)NC(c1ccccc1)(c1ccccc1)c1ccccc1. The summed E-state index contributed by atoms with van der Waals surface area (Å²) in [6.45, 7) is 1.96. The number of nitrogens with one attached hydrogen (secondary N) is 2. The number of rotatable bonds is 12. The number of hydrogen-bond donors (Lipinski definition) is 2. The number of carbonyl (C=O) groups excluding carboxylic acids is 1. The summed E-state index contributed by atoms with van der Waals surface area (Å²) in [5.41, 5.74) is 5.06. The molecule has 46 heavy (non-hydrogen) atoms. The first-order valence-corrected chi connectivity index (χ1v) is 15.4. The molecule has 230 valence electrons. The van der Waals surface area contributed by atoms with Gasteiger partial charge in [-0.1, -0.05) is 127 Å². The number of fused-ring (bicyclic) bond motifs is 1. The lowest BCUT2D eigenvalue weighted by molar-refractivity contribution is -0.385. The van der Waals surface area contributed by atoms with E-state index in [1.807, 2.05) is 72.9 Å². The van der Waals surface area contributed by atoms with Gasteiger partial charge in [0.1, 0.15) is 0 Å². The molecule has 1 unspecified atom stereocenters. The van der Waals surface area contributed by atoms with Gasteiger partial charge in [-0.2, -0.15) is 0 Å². The van der Waals surface area contributed by atoms with Crippen molar-refractivity contribution in [1.82, 2.24) is 15.2 Å². The maximum absolute atomic E-state index is 13.3. The predicted molar refractivity (Wildman–Crippen MR) is 182 cm³/mol. The zero-order valence-electron chi connectivity index (χ0n) is 25.7. The summed E-state index contributed by atoms with van der Waals surface area (Å²) < 4.78 is 0. The first-order valence-electron chi connectivity index (χ1n) is 15.4. The monoisotopic (exact) mass is 608 g/mol. The van der Waals surface area contributed by atoms with E-state index in [4.69, 9.17) is 0 Å². The molecule has 2 N–H and O–H groups in total. The molecule has 7 heteroatoms. The smallest absolute Gasteiger partial charge is 0.274 e. The number of carbonyl (C=O) groups is 1. The summed E-state index contributed by atoms with van der Waals surface area (Å²) in [5.74, 6) is -0.159. The van der Waals surface area contributed by atoms with Crippen LogP contribution >= 0.6 is 0 Å². The minimum Gasteiger partial charge on any atom is -0.361 e. The van der Waals surface area contributed by atoms with Crippen molar-refractivity contribution in [2.45, 2.75) is 31.5 Å². The van der Waals surface area contributed by atoms with Gasteiger partial charge >= 0.3 is 0 Å². The number of aromatic nitrogens is 1. The molecule has 5 aromatic carbocycles. The Morgan fingerprint density at radius 3 is 1.85 bits per heavy atom. The number of amides is 1. The molecule has 0 aliphatic carbocycles. The molecule has 0 aliphatic heterocycles. The third kappa shape index (κ3) is 6.32. The number of nitro groups is 1. The van der Waals surface area contributed by atoms with Gasteiger partial charge in [-0.3, -0.25) is 20.2 Å². The average molecular weight is 609 g/mol. The first kappa shape index (κ1) is 30.5. The van der Waals surface area contributed by atoms with Crippen LogP contribution < -0.4 is 5.32 Å². The number of aromatic amines is 1. The van der Waals surface area contributed by atoms with Crippen molar-refractivity contribution in [1.29, 1.82) is 0 Å². The van der Waals surface area contributed by atoms with Crippen molar-refractivity contribution in [2.24, 2.45) is 0 Å². The number of nitro benzene ring substituents is 1. The van der Waals surface area contributed by atoms with Gasteiger partial charge in [-0.05, 0) is 34.7 Å². The highest BCUT2D eigenvalue weighted by Gasteiger charge is 2.39. The molecule has 1 heterocycles. The van der Waals surface area contributed by atoms with Crippen molar-refractivity contribution >= 4 is 22.5 Å². The number of para-hydroxylation sites is 2. The van der Waals surface area contributed by atoms with E-state index in [0.717, 1.165) is 33.2 Å². The fourth-order valence-corrected chi connectivity index (χ4v) is 6.45. The van der Waals surface area contributed by atoms with E-state index < -0.39 is 5.54 Å². The minimum absolute atomic E-state index is 0.00194. The van der Waals surface area contributed by atoms with Crippen LogP contribution in [0.2, 0.25) is 0 Å². The Bertz CT molecular complexity index is 1830. The third-order valence-electron chi connectivity index (χ3n) is 8.62. The lowest BCUT2D eigenvalue weighted by Gasteiger charge is -2.41. The Morgan fingerprint density at radius 1 is 0.761 bits per heavy atom. The molecule has 0 aliphatic rings. The highest BCUT2D eigenvalue weighted by Crippen LogP contribution is 2.38. The fourth-order valence-electron chi connectivity index (χ4n) is 6.45. The lowest BCUT2D eigenvalue weighted by Crippen LogP contribution is -2.54. The summed E-state index contributed by atoms with van der Waals surface area (Å²) >= 11 is 0. The van der Waals surface area contributed by atoms with Crippen LogP contribution in [0.1, 0.15) is 34.7 Å². The van der Waals surface area contributed by atoms with Gasteiger partial charge in [0.2, 0.25) is 5.91 Å². The van der Waals surface area contributed by atoms with E-state index in [1.165, 1.54) is 13.0 Å². The van der Waals surface area contributed by atoms with Crippen molar-refractivity contribution in [2.75, 3.05) is 6.54 Å². The van der Waals surface area contributed by atoms with E-state index in [1.54, 1.807) is 23.1 Å². The Balaban J connectivity index is 1.49. The Labute approximate surface area is 268 Å². The molecule has 0 bridgehead atoms. The van der Waals surface area contributed by atoms with E-state index in [2.05, 4.69) is 58.8 Å². The molecule has 0 fully saturated rings. The fraction of sp³-hybridized carbons (Fsp3) is 0.154. The molecule has 0 saturated heterocycles. The molecule has 1 atom stereocenters. The minimum atomic E-state index is -0.776. The number of nitrogens with zero attached hydrogens (tertiary/aromatic N) is 2. The summed E-state index contributed by atoms with van der Waals surface area (Å²) in [7, 11) is 0. The highest BCUT2D eigenvalue weighted by atomic mass is 16.6. The van der Waals surface area contributed by atoms with Crippen molar-refractivity contribution in [3.63, 3.8) is 0 Å². The second kappa shape index (κ2) is 13.6. The molecule has 1 amide bonds.